The fraction of sp³-hybridized carbons (Fsp3) is 0.312. The number of nitrogens with one attached hydrogen (secondary N) is 1. The van der Waals surface area contributed by atoms with Crippen molar-refractivity contribution in [1.29, 1.82) is 0 Å². The number of hydrogen-bond donors (Lipinski definition) is 1. The van der Waals surface area contributed by atoms with Gasteiger partial charge in [-0.05, 0) is 19.1 Å². The minimum absolute atomic E-state index is 0.188. The molecule has 0 radical (unpaired) electrons. The molecule has 1 amide bonds. The Hall–Kier alpha value is -1.92. The third-order valence-electron chi connectivity index (χ3n) is 3.19. The van der Waals surface area contributed by atoms with Crippen molar-refractivity contribution in [3.05, 3.63) is 38.8 Å². The van der Waals surface area contributed by atoms with Gasteiger partial charge in [-0.15, -0.1) is 11.3 Å². The first-order valence-electron chi connectivity index (χ1n) is 6.99. The van der Waals surface area contributed by atoms with Crippen LogP contribution in [0.1, 0.15) is 52.5 Å². The van der Waals surface area contributed by atoms with Gasteiger partial charge in [0.05, 0.1) is 17.8 Å². The van der Waals surface area contributed by atoms with Crippen LogP contribution in [0.4, 0.5) is 5.69 Å². The van der Waals surface area contributed by atoms with Gasteiger partial charge in [-0.3, -0.25) is 9.59 Å². The lowest BCUT2D eigenvalue weighted by atomic mass is 10.1. The standard InChI is InChI=1S/C16H17ClN2O3S/c1-8(2)16-18-11(7-23-16)15(21)19-14-10(9(3)20)5-6-12(22-4)13(14)17/h5-8H,1-4H3,(H,19,21). The quantitative estimate of drug-likeness (QED) is 0.810. The van der Waals surface area contributed by atoms with E-state index in [-0.39, 0.29) is 22.4 Å². The fourth-order valence-electron chi connectivity index (χ4n) is 1.96. The predicted octanol–water partition coefficient (Wildman–Crippen LogP) is 4.38. The molecule has 0 saturated carbocycles. The van der Waals surface area contributed by atoms with Gasteiger partial charge in [0.1, 0.15) is 16.5 Å². The third kappa shape index (κ3) is 3.71. The minimum Gasteiger partial charge on any atom is -0.495 e. The summed E-state index contributed by atoms with van der Waals surface area (Å²) in [6.07, 6.45) is 0. The van der Waals surface area contributed by atoms with Gasteiger partial charge in [-0.2, -0.15) is 0 Å². The van der Waals surface area contributed by atoms with Crippen molar-refractivity contribution in [2.75, 3.05) is 12.4 Å². The predicted molar refractivity (Wildman–Crippen MR) is 92.2 cm³/mol. The molecule has 0 atom stereocenters. The highest BCUT2D eigenvalue weighted by atomic mass is 35.5. The first kappa shape index (κ1) is 17.4. The van der Waals surface area contributed by atoms with E-state index in [0.717, 1.165) is 5.01 Å². The lowest BCUT2D eigenvalue weighted by Gasteiger charge is -2.13. The number of aromatic nitrogens is 1. The number of amides is 1. The average Bonchev–Trinajstić information content (AvgIpc) is 2.99. The van der Waals surface area contributed by atoms with Crippen molar-refractivity contribution >= 4 is 40.3 Å². The van der Waals surface area contributed by atoms with Gasteiger partial charge < -0.3 is 10.1 Å². The number of nitrogens with zero attached hydrogens (tertiary/aromatic N) is 1. The zero-order valence-corrected chi connectivity index (χ0v) is 14.8. The first-order chi connectivity index (χ1) is 10.8. The molecule has 5 nitrogen and oxygen atoms in total. The van der Waals surface area contributed by atoms with E-state index in [9.17, 15) is 9.59 Å². The van der Waals surface area contributed by atoms with Gasteiger partial charge in [-0.25, -0.2) is 4.98 Å². The van der Waals surface area contributed by atoms with Crippen LogP contribution in [0.3, 0.4) is 0 Å². The number of thiazole rings is 1. The molecule has 0 unspecified atom stereocenters. The highest BCUT2D eigenvalue weighted by Crippen LogP contribution is 2.35. The Balaban J connectivity index is 2.37. The number of ether oxygens (including phenoxy) is 1. The van der Waals surface area contributed by atoms with Crippen molar-refractivity contribution in [1.82, 2.24) is 4.98 Å². The van der Waals surface area contributed by atoms with Crippen molar-refractivity contribution in [3.8, 4) is 5.75 Å². The molecule has 0 saturated heterocycles. The summed E-state index contributed by atoms with van der Waals surface area (Å²) in [7, 11) is 1.47. The van der Waals surface area contributed by atoms with Crippen LogP contribution in [-0.2, 0) is 0 Å². The van der Waals surface area contributed by atoms with Crippen LogP contribution >= 0.6 is 22.9 Å². The van der Waals surface area contributed by atoms with Crippen LogP contribution in [0.5, 0.6) is 5.75 Å². The van der Waals surface area contributed by atoms with Gasteiger partial charge >= 0.3 is 0 Å². The highest BCUT2D eigenvalue weighted by molar-refractivity contribution is 7.09. The number of ketones is 1. The molecule has 0 fully saturated rings. The van der Waals surface area contributed by atoms with E-state index in [2.05, 4.69) is 10.3 Å². The maximum Gasteiger partial charge on any atom is 0.275 e. The molecule has 23 heavy (non-hydrogen) atoms. The number of halogens is 1. The summed E-state index contributed by atoms with van der Waals surface area (Å²) in [5, 5.41) is 5.42. The van der Waals surface area contributed by atoms with E-state index in [1.165, 1.54) is 25.4 Å². The van der Waals surface area contributed by atoms with Crippen molar-refractivity contribution in [2.24, 2.45) is 0 Å². The molecule has 2 rings (SSSR count). The van der Waals surface area contributed by atoms with Crippen LogP contribution in [0.2, 0.25) is 5.02 Å². The molecule has 1 aromatic heterocycles. The van der Waals surface area contributed by atoms with Crippen LogP contribution in [-0.4, -0.2) is 23.8 Å². The third-order valence-corrected chi connectivity index (χ3v) is 4.71. The Morgan fingerprint density at radius 1 is 1.35 bits per heavy atom. The second-order valence-electron chi connectivity index (χ2n) is 5.24. The first-order valence-corrected chi connectivity index (χ1v) is 8.25. The van der Waals surface area contributed by atoms with E-state index in [1.807, 2.05) is 13.8 Å². The largest absolute Gasteiger partial charge is 0.495 e. The van der Waals surface area contributed by atoms with Crippen LogP contribution in [0.15, 0.2) is 17.5 Å². The molecule has 0 bridgehead atoms. The van der Waals surface area contributed by atoms with E-state index < -0.39 is 5.91 Å². The number of Topliss-reactive ketones (excluding diaryl/α,β-unsaturated/α-hetero) is 1. The number of carbonyl (C=O) groups excluding carboxylic acids is 2. The van der Waals surface area contributed by atoms with Gasteiger partial charge in [0, 0.05) is 16.9 Å². The molecule has 0 aliphatic rings. The summed E-state index contributed by atoms with van der Waals surface area (Å²) in [6.45, 7) is 5.42. The lowest BCUT2D eigenvalue weighted by Crippen LogP contribution is -2.15. The van der Waals surface area contributed by atoms with E-state index in [1.54, 1.807) is 17.5 Å². The normalized spacial score (nSPS) is 10.7. The lowest BCUT2D eigenvalue weighted by molar-refractivity contribution is 0.101. The Morgan fingerprint density at radius 3 is 2.57 bits per heavy atom. The van der Waals surface area contributed by atoms with E-state index in [4.69, 9.17) is 16.3 Å². The molecule has 1 N–H and O–H groups in total. The van der Waals surface area contributed by atoms with Gasteiger partial charge in [0.15, 0.2) is 5.78 Å². The molecule has 122 valence electrons. The van der Waals surface area contributed by atoms with Crippen molar-refractivity contribution in [3.63, 3.8) is 0 Å². The topological polar surface area (TPSA) is 68.3 Å². The molecule has 1 heterocycles. The minimum atomic E-state index is -0.411. The summed E-state index contributed by atoms with van der Waals surface area (Å²) >= 11 is 7.66. The number of hydrogen-bond acceptors (Lipinski definition) is 5. The Bertz CT molecular complexity index is 756. The van der Waals surface area contributed by atoms with Crippen LogP contribution in [0, 0.1) is 0 Å². The zero-order chi connectivity index (χ0) is 17.1. The average molecular weight is 353 g/mol. The number of benzene rings is 1. The maximum atomic E-state index is 12.4. The number of anilines is 1. The van der Waals surface area contributed by atoms with E-state index in [0.29, 0.717) is 17.0 Å². The SMILES string of the molecule is COc1ccc(C(C)=O)c(NC(=O)c2csc(C(C)C)n2)c1Cl. The summed E-state index contributed by atoms with van der Waals surface area (Å²) in [6, 6.07) is 3.16. The second kappa shape index (κ2) is 7.10. The number of methoxy groups -OCH3 is 1. The summed E-state index contributed by atoms with van der Waals surface area (Å²) in [5.41, 5.74) is 0.859. The fourth-order valence-corrected chi connectivity index (χ4v) is 3.07. The maximum absolute atomic E-state index is 12.4. The second-order valence-corrected chi connectivity index (χ2v) is 6.51. The van der Waals surface area contributed by atoms with Gasteiger partial charge in [-0.1, -0.05) is 25.4 Å². The molecule has 1 aromatic carbocycles. The Kier molecular flexibility index (Phi) is 5.38. The molecule has 0 aliphatic carbocycles. The van der Waals surface area contributed by atoms with Crippen molar-refractivity contribution in [2.45, 2.75) is 26.7 Å². The molecular formula is C16H17ClN2O3S. The highest BCUT2D eigenvalue weighted by Gasteiger charge is 2.20. The van der Waals surface area contributed by atoms with Crippen LogP contribution < -0.4 is 10.1 Å². The number of rotatable bonds is 5. The molecule has 7 heteroatoms. The summed E-state index contributed by atoms with van der Waals surface area (Å²) in [4.78, 5) is 28.5. The molecular weight excluding hydrogens is 336 g/mol. The molecule has 0 spiro atoms. The Labute approximate surface area is 143 Å². The van der Waals surface area contributed by atoms with Gasteiger partial charge in [0.25, 0.3) is 5.91 Å². The summed E-state index contributed by atoms with van der Waals surface area (Å²) < 4.78 is 5.14. The smallest absolute Gasteiger partial charge is 0.275 e. The van der Waals surface area contributed by atoms with Gasteiger partial charge in [0.2, 0.25) is 0 Å². The molecule has 2 aromatic rings. The van der Waals surface area contributed by atoms with Crippen LogP contribution in [0.25, 0.3) is 0 Å². The molecule has 0 aliphatic heterocycles. The van der Waals surface area contributed by atoms with E-state index >= 15 is 0 Å². The Morgan fingerprint density at radius 2 is 2.04 bits per heavy atom. The monoisotopic (exact) mass is 352 g/mol. The summed E-state index contributed by atoms with van der Waals surface area (Å²) in [5.74, 6) is 0.0136. The zero-order valence-electron chi connectivity index (χ0n) is 13.3. The number of carbonyl (C=O) groups is 2. The van der Waals surface area contributed by atoms with Crippen molar-refractivity contribution < 1.29 is 14.3 Å².